The van der Waals surface area contributed by atoms with Crippen LogP contribution in [-0.2, 0) is 0 Å². The van der Waals surface area contributed by atoms with Crippen molar-refractivity contribution in [2.45, 2.75) is 13.0 Å². The van der Waals surface area contributed by atoms with Gasteiger partial charge in [-0.05, 0) is 19.1 Å². The monoisotopic (exact) mass is 326 g/mol. The Hall–Kier alpha value is -1.99. The van der Waals surface area contributed by atoms with Crippen molar-refractivity contribution in [1.82, 2.24) is 0 Å². The zero-order valence-electron chi connectivity index (χ0n) is 11.0. The molecule has 0 bridgehead atoms. The third-order valence-electron chi connectivity index (χ3n) is 3.08. The third kappa shape index (κ3) is 2.74. The molecule has 21 heavy (non-hydrogen) atoms. The lowest BCUT2D eigenvalue weighted by Gasteiger charge is -2.14. The fraction of sp³-hybridized carbons (Fsp3) is 0.231. The number of ether oxygens (including phenoxy) is 2. The van der Waals surface area contributed by atoms with Gasteiger partial charge in [-0.3, -0.25) is 10.1 Å². The Morgan fingerprint density at radius 1 is 1.38 bits per heavy atom. The van der Waals surface area contributed by atoms with Crippen LogP contribution < -0.4 is 14.8 Å². The summed E-state index contributed by atoms with van der Waals surface area (Å²) in [6, 6.07) is 6.55. The fourth-order valence-electron chi connectivity index (χ4n) is 2.06. The van der Waals surface area contributed by atoms with E-state index in [-0.39, 0.29) is 18.5 Å². The number of anilines is 1. The molecule has 1 aromatic carbocycles. The zero-order chi connectivity index (χ0) is 15.0. The van der Waals surface area contributed by atoms with E-state index in [1.165, 1.54) is 17.4 Å². The average Bonchev–Trinajstić information content (AvgIpc) is 3.05. The number of thiophene rings is 1. The molecular weight excluding hydrogens is 316 g/mol. The molecule has 1 atom stereocenters. The molecule has 0 saturated carbocycles. The molecule has 3 rings (SSSR count). The van der Waals surface area contributed by atoms with Crippen molar-refractivity contribution in [3.8, 4) is 11.5 Å². The molecule has 0 saturated heterocycles. The van der Waals surface area contributed by atoms with Gasteiger partial charge in [0.05, 0.1) is 21.4 Å². The summed E-state index contributed by atoms with van der Waals surface area (Å²) < 4.78 is 11.1. The Morgan fingerprint density at radius 3 is 2.71 bits per heavy atom. The summed E-state index contributed by atoms with van der Waals surface area (Å²) in [5, 5.41) is 14.3. The molecule has 2 aromatic rings. The van der Waals surface area contributed by atoms with Crippen molar-refractivity contribution >= 4 is 34.3 Å². The molecule has 110 valence electrons. The van der Waals surface area contributed by atoms with Gasteiger partial charge in [0, 0.05) is 10.9 Å². The number of hydrogen-bond acceptors (Lipinski definition) is 6. The van der Waals surface area contributed by atoms with Gasteiger partial charge in [0.1, 0.15) is 5.69 Å². The van der Waals surface area contributed by atoms with E-state index in [1.807, 2.05) is 13.0 Å². The summed E-state index contributed by atoms with van der Waals surface area (Å²) in [6.07, 6.45) is 0. The van der Waals surface area contributed by atoms with E-state index >= 15 is 0 Å². The Morgan fingerprint density at radius 2 is 2.10 bits per heavy atom. The van der Waals surface area contributed by atoms with Crippen LogP contribution in [0.25, 0.3) is 0 Å². The average molecular weight is 327 g/mol. The minimum atomic E-state index is -0.446. The number of hydrogen-bond donors (Lipinski definition) is 1. The number of fused-ring (bicyclic) bond motifs is 1. The van der Waals surface area contributed by atoms with Gasteiger partial charge in [-0.25, -0.2) is 0 Å². The lowest BCUT2D eigenvalue weighted by Crippen LogP contribution is -2.07. The molecule has 1 aliphatic rings. The van der Waals surface area contributed by atoms with E-state index in [0.29, 0.717) is 21.5 Å². The van der Waals surface area contributed by atoms with Crippen LogP contribution in [0.3, 0.4) is 0 Å². The predicted molar refractivity (Wildman–Crippen MR) is 80.6 cm³/mol. The van der Waals surface area contributed by atoms with E-state index < -0.39 is 4.92 Å². The van der Waals surface area contributed by atoms with Gasteiger partial charge in [-0.1, -0.05) is 11.6 Å². The summed E-state index contributed by atoms with van der Waals surface area (Å²) >= 11 is 7.34. The van der Waals surface area contributed by atoms with Gasteiger partial charge in [0.15, 0.2) is 11.5 Å². The maximum atomic E-state index is 11.2. The summed E-state index contributed by atoms with van der Waals surface area (Å²) in [5.41, 5.74) is 0.343. The number of rotatable bonds is 4. The first-order valence-corrected chi connectivity index (χ1v) is 7.34. The number of nitro benzene ring substituents is 1. The van der Waals surface area contributed by atoms with Gasteiger partial charge in [0.2, 0.25) is 6.79 Å². The molecule has 6 nitrogen and oxygen atoms in total. The molecular formula is C13H11ClN2O4S. The van der Waals surface area contributed by atoms with Crippen molar-refractivity contribution < 1.29 is 14.4 Å². The molecule has 1 aliphatic heterocycles. The second-order valence-corrected chi connectivity index (χ2v) is 6.23. The topological polar surface area (TPSA) is 73.6 Å². The van der Waals surface area contributed by atoms with E-state index in [0.717, 1.165) is 4.88 Å². The third-order valence-corrected chi connectivity index (χ3v) is 4.49. The van der Waals surface area contributed by atoms with Crippen LogP contribution >= 0.6 is 22.9 Å². The molecule has 8 heteroatoms. The normalized spacial score (nSPS) is 14.0. The molecule has 0 amide bonds. The maximum absolute atomic E-state index is 11.2. The van der Waals surface area contributed by atoms with Crippen LogP contribution in [-0.4, -0.2) is 11.7 Å². The van der Waals surface area contributed by atoms with Crippen LogP contribution in [0.15, 0.2) is 24.3 Å². The molecule has 0 radical (unpaired) electrons. The highest BCUT2D eigenvalue weighted by Gasteiger charge is 2.24. The molecule has 0 aliphatic carbocycles. The second kappa shape index (κ2) is 5.42. The first kappa shape index (κ1) is 14.0. The number of benzene rings is 1. The Bertz CT molecular complexity index is 703. The highest BCUT2D eigenvalue weighted by Crippen LogP contribution is 2.42. The largest absolute Gasteiger partial charge is 0.454 e. The molecule has 1 N–H and O–H groups in total. The van der Waals surface area contributed by atoms with E-state index in [1.54, 1.807) is 12.1 Å². The van der Waals surface area contributed by atoms with Crippen molar-refractivity contribution in [1.29, 1.82) is 0 Å². The van der Waals surface area contributed by atoms with Gasteiger partial charge >= 0.3 is 0 Å². The van der Waals surface area contributed by atoms with E-state index in [4.69, 9.17) is 21.1 Å². The van der Waals surface area contributed by atoms with Crippen LogP contribution in [0.4, 0.5) is 11.4 Å². The lowest BCUT2D eigenvalue weighted by molar-refractivity contribution is -0.384. The number of nitrogens with zero attached hydrogens (tertiary/aromatic N) is 1. The molecule has 1 aromatic heterocycles. The lowest BCUT2D eigenvalue weighted by atomic mass is 10.2. The van der Waals surface area contributed by atoms with Gasteiger partial charge in [0.25, 0.3) is 5.69 Å². The fourth-order valence-corrected chi connectivity index (χ4v) is 3.13. The predicted octanol–water partition coefficient (Wildman–Crippen LogP) is 4.21. The second-order valence-electron chi connectivity index (χ2n) is 4.49. The van der Waals surface area contributed by atoms with E-state index in [2.05, 4.69) is 5.32 Å². The summed E-state index contributed by atoms with van der Waals surface area (Å²) in [4.78, 5) is 11.7. The zero-order valence-corrected chi connectivity index (χ0v) is 12.5. The highest BCUT2D eigenvalue weighted by atomic mass is 35.5. The number of nitro groups is 1. The van der Waals surface area contributed by atoms with Crippen molar-refractivity contribution in [2.24, 2.45) is 0 Å². The van der Waals surface area contributed by atoms with Gasteiger partial charge in [-0.15, -0.1) is 11.3 Å². The van der Waals surface area contributed by atoms with E-state index in [9.17, 15) is 10.1 Å². The van der Waals surface area contributed by atoms with Crippen LogP contribution in [0.1, 0.15) is 17.8 Å². The molecule has 0 fully saturated rings. The first-order chi connectivity index (χ1) is 10.0. The minimum Gasteiger partial charge on any atom is -0.454 e. The standard InChI is InChI=1S/C13H11ClN2O4S/c1-7(12-2-3-13(14)21-12)15-8-4-10-11(20-6-19-10)5-9(8)16(17)18/h2-5,7,15H,6H2,1H3. The highest BCUT2D eigenvalue weighted by molar-refractivity contribution is 7.16. The van der Waals surface area contributed by atoms with Gasteiger partial charge < -0.3 is 14.8 Å². The quantitative estimate of drug-likeness (QED) is 0.673. The summed E-state index contributed by atoms with van der Waals surface area (Å²) in [5.74, 6) is 0.888. The SMILES string of the molecule is CC(Nc1cc2c(cc1[N+](=O)[O-])OCO2)c1ccc(Cl)s1. The van der Waals surface area contributed by atoms with Crippen LogP contribution in [0.2, 0.25) is 4.34 Å². The minimum absolute atomic E-state index is 0.0475. The molecule has 0 spiro atoms. The van der Waals surface area contributed by atoms with Crippen molar-refractivity contribution in [3.05, 3.63) is 43.6 Å². The Kier molecular flexibility index (Phi) is 3.60. The first-order valence-electron chi connectivity index (χ1n) is 6.14. The van der Waals surface area contributed by atoms with Crippen LogP contribution in [0.5, 0.6) is 11.5 Å². The van der Waals surface area contributed by atoms with Crippen molar-refractivity contribution in [2.75, 3.05) is 12.1 Å². The Balaban J connectivity index is 1.92. The summed E-state index contributed by atoms with van der Waals surface area (Å²) in [7, 11) is 0. The maximum Gasteiger partial charge on any atom is 0.296 e. The van der Waals surface area contributed by atoms with Crippen LogP contribution in [0, 0.1) is 10.1 Å². The number of halogens is 1. The molecule has 2 heterocycles. The summed E-state index contributed by atoms with van der Waals surface area (Å²) in [6.45, 7) is 1.99. The molecule has 1 unspecified atom stereocenters. The number of nitrogens with one attached hydrogen (secondary N) is 1. The smallest absolute Gasteiger partial charge is 0.296 e. The van der Waals surface area contributed by atoms with Gasteiger partial charge in [-0.2, -0.15) is 0 Å². The Labute approximate surface area is 129 Å². The van der Waals surface area contributed by atoms with Crippen molar-refractivity contribution in [3.63, 3.8) is 0 Å².